The van der Waals surface area contributed by atoms with Crippen LogP contribution < -0.4 is 0 Å². The van der Waals surface area contributed by atoms with E-state index in [2.05, 4.69) is 52.5 Å². The summed E-state index contributed by atoms with van der Waals surface area (Å²) in [7, 11) is 0. The van der Waals surface area contributed by atoms with E-state index in [4.69, 9.17) is 16.6 Å². The molecule has 2 rings (SSSR count). The molecule has 1 atom stereocenters. The van der Waals surface area contributed by atoms with E-state index in [0.717, 1.165) is 22.2 Å². The molecule has 104 valence electrons. The molecular formula is C15H20BrClN2. The summed E-state index contributed by atoms with van der Waals surface area (Å²) in [5.74, 6) is 1.72. The molecule has 0 spiro atoms. The molecule has 1 aromatic carbocycles. The highest BCUT2D eigenvalue weighted by molar-refractivity contribution is 9.10. The van der Waals surface area contributed by atoms with Gasteiger partial charge in [-0.05, 0) is 31.5 Å². The third-order valence-corrected chi connectivity index (χ3v) is 4.14. The Balaban J connectivity index is 2.45. The Morgan fingerprint density at radius 1 is 1.42 bits per heavy atom. The van der Waals surface area contributed by atoms with Gasteiger partial charge in [0.15, 0.2) is 0 Å². The van der Waals surface area contributed by atoms with Crippen LogP contribution in [0.3, 0.4) is 0 Å². The molecule has 2 aromatic rings. The van der Waals surface area contributed by atoms with Crippen LogP contribution >= 0.6 is 27.5 Å². The lowest BCUT2D eigenvalue weighted by atomic mass is 10.1. The van der Waals surface area contributed by atoms with Gasteiger partial charge in [-0.25, -0.2) is 4.98 Å². The number of benzene rings is 1. The molecule has 0 aliphatic heterocycles. The van der Waals surface area contributed by atoms with Crippen molar-refractivity contribution in [1.82, 2.24) is 9.55 Å². The summed E-state index contributed by atoms with van der Waals surface area (Å²) in [5.41, 5.74) is 2.27. The Hall–Kier alpha value is -0.540. The summed E-state index contributed by atoms with van der Waals surface area (Å²) in [6, 6.07) is 6.78. The van der Waals surface area contributed by atoms with Crippen LogP contribution in [-0.2, 0) is 6.42 Å². The summed E-state index contributed by atoms with van der Waals surface area (Å²) in [6.07, 6.45) is 4.49. The van der Waals surface area contributed by atoms with E-state index in [1.807, 2.05) is 0 Å². The van der Waals surface area contributed by atoms with E-state index in [0.29, 0.717) is 11.9 Å². The Labute approximate surface area is 128 Å². The molecule has 0 N–H and O–H groups in total. The van der Waals surface area contributed by atoms with Crippen LogP contribution in [0.5, 0.6) is 0 Å². The first kappa shape index (κ1) is 14.9. The van der Waals surface area contributed by atoms with Crippen molar-refractivity contribution in [2.24, 2.45) is 0 Å². The molecular weight excluding hydrogens is 324 g/mol. The molecule has 0 bridgehead atoms. The van der Waals surface area contributed by atoms with E-state index < -0.39 is 0 Å². The van der Waals surface area contributed by atoms with E-state index in [-0.39, 0.29) is 0 Å². The van der Waals surface area contributed by atoms with Gasteiger partial charge < -0.3 is 4.57 Å². The highest BCUT2D eigenvalue weighted by Gasteiger charge is 2.15. The molecule has 1 heterocycles. The molecule has 4 heteroatoms. The lowest BCUT2D eigenvalue weighted by Crippen LogP contribution is -2.10. The minimum Gasteiger partial charge on any atom is -0.325 e. The smallest absolute Gasteiger partial charge is 0.111 e. The van der Waals surface area contributed by atoms with Crippen molar-refractivity contribution in [2.45, 2.75) is 45.6 Å². The number of imidazole rings is 1. The van der Waals surface area contributed by atoms with Gasteiger partial charge >= 0.3 is 0 Å². The molecule has 0 saturated heterocycles. The standard InChI is InChI=1S/C15H20BrClN2/c1-3-4-5-11(2)19-14-7-6-12(16)10-13(14)18-15(19)8-9-17/h6-7,10-11H,3-5,8-9H2,1-2H3. The number of nitrogens with zero attached hydrogens (tertiary/aromatic N) is 2. The summed E-state index contributed by atoms with van der Waals surface area (Å²) < 4.78 is 3.43. The summed E-state index contributed by atoms with van der Waals surface area (Å²) >= 11 is 9.42. The van der Waals surface area contributed by atoms with Crippen molar-refractivity contribution < 1.29 is 0 Å². The zero-order chi connectivity index (χ0) is 13.8. The molecule has 0 fully saturated rings. The average Bonchev–Trinajstić information content (AvgIpc) is 2.73. The Morgan fingerprint density at radius 2 is 2.21 bits per heavy atom. The number of hydrogen-bond donors (Lipinski definition) is 0. The predicted octanol–water partition coefficient (Wildman–Crippen LogP) is 5.33. The SMILES string of the molecule is CCCCC(C)n1c(CCCl)nc2cc(Br)ccc21. The van der Waals surface area contributed by atoms with Crippen LogP contribution in [0.1, 0.15) is 45.0 Å². The highest BCUT2D eigenvalue weighted by atomic mass is 79.9. The van der Waals surface area contributed by atoms with Gasteiger partial charge in [0.2, 0.25) is 0 Å². The van der Waals surface area contributed by atoms with Crippen molar-refractivity contribution >= 4 is 38.6 Å². The average molecular weight is 344 g/mol. The minimum absolute atomic E-state index is 0.476. The van der Waals surface area contributed by atoms with Crippen LogP contribution in [0.4, 0.5) is 0 Å². The zero-order valence-electron chi connectivity index (χ0n) is 11.5. The van der Waals surface area contributed by atoms with Crippen molar-refractivity contribution in [3.05, 3.63) is 28.5 Å². The predicted molar refractivity (Wildman–Crippen MR) is 86.1 cm³/mol. The van der Waals surface area contributed by atoms with Gasteiger partial charge in [-0.2, -0.15) is 0 Å². The van der Waals surface area contributed by atoms with Crippen molar-refractivity contribution in [2.75, 3.05) is 5.88 Å². The van der Waals surface area contributed by atoms with Gasteiger partial charge in [0.05, 0.1) is 11.0 Å². The number of aryl methyl sites for hydroxylation is 1. The molecule has 0 aliphatic carbocycles. The highest BCUT2D eigenvalue weighted by Crippen LogP contribution is 2.27. The second kappa shape index (κ2) is 6.76. The molecule has 19 heavy (non-hydrogen) atoms. The number of halogens is 2. The normalized spacial score (nSPS) is 13.1. The van der Waals surface area contributed by atoms with Crippen molar-refractivity contribution in [3.8, 4) is 0 Å². The quantitative estimate of drug-likeness (QED) is 0.648. The molecule has 0 radical (unpaired) electrons. The van der Waals surface area contributed by atoms with E-state index in [9.17, 15) is 0 Å². The topological polar surface area (TPSA) is 17.8 Å². The largest absolute Gasteiger partial charge is 0.325 e. The molecule has 0 saturated carbocycles. The molecule has 1 unspecified atom stereocenters. The van der Waals surface area contributed by atoms with Gasteiger partial charge in [-0.1, -0.05) is 35.7 Å². The fraction of sp³-hybridized carbons (Fsp3) is 0.533. The number of unbranched alkanes of at least 4 members (excludes halogenated alkanes) is 1. The second-order valence-corrected chi connectivity index (χ2v) is 6.25. The first-order valence-electron chi connectivity index (χ1n) is 6.89. The number of fused-ring (bicyclic) bond motifs is 1. The lowest BCUT2D eigenvalue weighted by Gasteiger charge is -2.17. The monoisotopic (exact) mass is 342 g/mol. The fourth-order valence-corrected chi connectivity index (χ4v) is 3.02. The van der Waals surface area contributed by atoms with E-state index >= 15 is 0 Å². The molecule has 2 nitrogen and oxygen atoms in total. The van der Waals surface area contributed by atoms with Crippen LogP contribution in [0.15, 0.2) is 22.7 Å². The van der Waals surface area contributed by atoms with Gasteiger partial charge in [0, 0.05) is 22.8 Å². The number of aromatic nitrogens is 2. The maximum Gasteiger partial charge on any atom is 0.111 e. The van der Waals surface area contributed by atoms with Crippen LogP contribution in [-0.4, -0.2) is 15.4 Å². The second-order valence-electron chi connectivity index (χ2n) is 4.96. The van der Waals surface area contributed by atoms with Gasteiger partial charge in [-0.15, -0.1) is 11.6 Å². The molecule has 0 aliphatic rings. The van der Waals surface area contributed by atoms with Gasteiger partial charge in [-0.3, -0.25) is 0 Å². The lowest BCUT2D eigenvalue weighted by molar-refractivity contribution is 0.482. The van der Waals surface area contributed by atoms with Crippen LogP contribution in [0.2, 0.25) is 0 Å². The maximum absolute atomic E-state index is 5.91. The van der Waals surface area contributed by atoms with Gasteiger partial charge in [0.25, 0.3) is 0 Å². The first-order valence-corrected chi connectivity index (χ1v) is 8.22. The third kappa shape index (κ3) is 3.32. The first-order chi connectivity index (χ1) is 9.17. The summed E-state index contributed by atoms with van der Waals surface area (Å²) in [5, 5.41) is 0. The van der Waals surface area contributed by atoms with Crippen molar-refractivity contribution in [3.63, 3.8) is 0 Å². The minimum atomic E-state index is 0.476. The van der Waals surface area contributed by atoms with E-state index in [1.54, 1.807) is 0 Å². The summed E-state index contributed by atoms with van der Waals surface area (Å²) in [4.78, 5) is 4.74. The number of alkyl halides is 1. The number of hydrogen-bond acceptors (Lipinski definition) is 1. The Morgan fingerprint density at radius 3 is 2.89 bits per heavy atom. The molecule has 1 aromatic heterocycles. The Bertz CT molecular complexity index is 550. The van der Waals surface area contributed by atoms with E-state index in [1.165, 1.54) is 24.8 Å². The summed E-state index contributed by atoms with van der Waals surface area (Å²) in [6.45, 7) is 4.51. The van der Waals surface area contributed by atoms with Crippen LogP contribution in [0.25, 0.3) is 11.0 Å². The van der Waals surface area contributed by atoms with Crippen LogP contribution in [0, 0.1) is 0 Å². The van der Waals surface area contributed by atoms with Gasteiger partial charge in [0.1, 0.15) is 5.82 Å². The Kier molecular flexibility index (Phi) is 5.28. The third-order valence-electron chi connectivity index (χ3n) is 3.46. The van der Waals surface area contributed by atoms with Crippen molar-refractivity contribution in [1.29, 1.82) is 0 Å². The molecule has 0 amide bonds. The fourth-order valence-electron chi connectivity index (χ4n) is 2.50. The maximum atomic E-state index is 5.91. The zero-order valence-corrected chi connectivity index (χ0v) is 13.8. The number of rotatable bonds is 6.